The smallest absolute Gasteiger partial charge is 0.257 e. The van der Waals surface area contributed by atoms with Crippen LogP contribution >= 0.6 is 11.3 Å². The number of amides is 1. The number of nitrogens with one attached hydrogen (secondary N) is 1. The molecule has 0 unspecified atom stereocenters. The lowest BCUT2D eigenvalue weighted by atomic mass is 10.0. The first-order valence-corrected chi connectivity index (χ1v) is 10.9. The van der Waals surface area contributed by atoms with Gasteiger partial charge in [-0.3, -0.25) is 14.4 Å². The number of hydrogen-bond acceptors (Lipinski definition) is 5. The van der Waals surface area contributed by atoms with Crippen LogP contribution in [0.3, 0.4) is 0 Å². The van der Waals surface area contributed by atoms with Gasteiger partial charge in [-0.2, -0.15) is 0 Å². The zero-order valence-electron chi connectivity index (χ0n) is 13.7. The first kappa shape index (κ1) is 16.5. The summed E-state index contributed by atoms with van der Waals surface area (Å²) in [5, 5.41) is 3.50. The number of nitrogens with zero attached hydrogens (tertiary/aromatic N) is 2. The molecule has 6 nitrogen and oxygen atoms in total. The molecule has 1 saturated heterocycles. The largest absolute Gasteiger partial charge is 0.298 e. The van der Waals surface area contributed by atoms with Crippen molar-refractivity contribution < 1.29 is 13.2 Å². The van der Waals surface area contributed by atoms with Crippen molar-refractivity contribution in [1.82, 2.24) is 4.98 Å². The van der Waals surface area contributed by atoms with Gasteiger partial charge in [-0.05, 0) is 56.4 Å². The van der Waals surface area contributed by atoms with Crippen LogP contribution < -0.4 is 9.62 Å². The first-order valence-electron chi connectivity index (χ1n) is 8.43. The van der Waals surface area contributed by atoms with Gasteiger partial charge in [0.05, 0.1) is 17.1 Å². The number of sulfonamides is 1. The fourth-order valence-electron chi connectivity index (χ4n) is 3.28. The molecule has 132 valence electrons. The number of carbonyl (C=O) groups is 1. The van der Waals surface area contributed by atoms with Crippen molar-refractivity contribution >= 4 is 38.1 Å². The van der Waals surface area contributed by atoms with Crippen LogP contribution in [0.25, 0.3) is 0 Å². The number of aryl methyl sites for hydroxylation is 2. The van der Waals surface area contributed by atoms with Crippen molar-refractivity contribution in [2.75, 3.05) is 21.9 Å². The Labute approximate surface area is 150 Å². The molecule has 2 aromatic rings. The quantitative estimate of drug-likeness (QED) is 0.892. The topological polar surface area (TPSA) is 79.4 Å². The number of carbonyl (C=O) groups excluding carboxylic acids is 1. The van der Waals surface area contributed by atoms with Gasteiger partial charge in [-0.1, -0.05) is 0 Å². The third-order valence-electron chi connectivity index (χ3n) is 4.58. The SMILES string of the molecule is O=C(Nc1nc2c(s1)CCCC2)c1ccc(N2CCCS2(=O)=O)cc1. The maximum Gasteiger partial charge on any atom is 0.257 e. The van der Waals surface area contributed by atoms with Crippen molar-refractivity contribution in [3.8, 4) is 0 Å². The number of rotatable bonds is 3. The predicted molar refractivity (Wildman–Crippen MR) is 98.9 cm³/mol. The van der Waals surface area contributed by atoms with Crippen LogP contribution in [0.1, 0.15) is 40.2 Å². The molecule has 0 saturated carbocycles. The number of hydrogen-bond donors (Lipinski definition) is 1. The fourth-order valence-corrected chi connectivity index (χ4v) is 5.89. The molecule has 0 radical (unpaired) electrons. The van der Waals surface area contributed by atoms with Gasteiger partial charge in [0, 0.05) is 17.0 Å². The Hall–Kier alpha value is -1.93. The minimum Gasteiger partial charge on any atom is -0.298 e. The van der Waals surface area contributed by atoms with Crippen LogP contribution in [0, 0.1) is 0 Å². The number of aromatic nitrogens is 1. The Bertz CT molecular complexity index is 880. The second-order valence-electron chi connectivity index (χ2n) is 6.34. The molecule has 25 heavy (non-hydrogen) atoms. The zero-order chi connectivity index (χ0) is 17.4. The van der Waals surface area contributed by atoms with Gasteiger partial charge in [-0.15, -0.1) is 11.3 Å². The average molecular weight is 377 g/mol. The standard InChI is InChI=1S/C17H19N3O3S2/c21-16(19-17-18-14-4-1-2-5-15(14)24-17)12-6-8-13(9-7-12)20-10-3-11-25(20,22)23/h6-9H,1-5,10-11H2,(H,18,19,21). The predicted octanol–water partition coefficient (Wildman–Crippen LogP) is 2.81. The molecular formula is C17H19N3O3S2. The van der Waals surface area contributed by atoms with E-state index in [4.69, 9.17) is 0 Å². The molecule has 1 N–H and O–H groups in total. The molecule has 0 atom stereocenters. The molecule has 8 heteroatoms. The van der Waals surface area contributed by atoms with Crippen LogP contribution in [-0.4, -0.2) is 31.6 Å². The third kappa shape index (κ3) is 3.28. The lowest BCUT2D eigenvalue weighted by molar-refractivity contribution is 0.102. The summed E-state index contributed by atoms with van der Waals surface area (Å²) >= 11 is 1.55. The van der Waals surface area contributed by atoms with Gasteiger partial charge in [0.2, 0.25) is 10.0 Å². The Morgan fingerprint density at radius 1 is 1.12 bits per heavy atom. The fraction of sp³-hybridized carbons (Fsp3) is 0.412. The van der Waals surface area contributed by atoms with Gasteiger partial charge in [0.1, 0.15) is 0 Å². The number of fused-ring (bicyclic) bond motifs is 1. The second kappa shape index (κ2) is 6.42. The molecule has 1 aliphatic heterocycles. The molecule has 1 amide bonds. The highest BCUT2D eigenvalue weighted by Crippen LogP contribution is 2.30. The monoisotopic (exact) mass is 377 g/mol. The van der Waals surface area contributed by atoms with Gasteiger partial charge >= 0.3 is 0 Å². The van der Waals surface area contributed by atoms with E-state index in [1.165, 1.54) is 15.6 Å². The molecule has 1 fully saturated rings. The van der Waals surface area contributed by atoms with Crippen molar-refractivity contribution in [3.63, 3.8) is 0 Å². The summed E-state index contributed by atoms with van der Waals surface area (Å²) < 4.78 is 25.3. The van der Waals surface area contributed by atoms with Crippen LogP contribution in [0.5, 0.6) is 0 Å². The van der Waals surface area contributed by atoms with Crippen LogP contribution in [0.2, 0.25) is 0 Å². The van der Waals surface area contributed by atoms with Gasteiger partial charge in [0.15, 0.2) is 5.13 Å². The van der Waals surface area contributed by atoms with Crippen molar-refractivity contribution in [2.24, 2.45) is 0 Å². The lowest BCUT2D eigenvalue weighted by Gasteiger charge is -2.16. The molecule has 2 aliphatic rings. The summed E-state index contributed by atoms with van der Waals surface area (Å²) in [6.45, 7) is 0.499. The number of anilines is 2. The molecule has 0 spiro atoms. The number of thiazole rings is 1. The summed E-state index contributed by atoms with van der Waals surface area (Å²) in [5.41, 5.74) is 2.22. The van der Waals surface area contributed by atoms with E-state index < -0.39 is 10.0 Å². The van der Waals surface area contributed by atoms with Crippen LogP contribution in [0.4, 0.5) is 10.8 Å². The Kier molecular flexibility index (Phi) is 4.24. The summed E-state index contributed by atoms with van der Waals surface area (Å²) in [7, 11) is -3.20. The van der Waals surface area contributed by atoms with E-state index in [9.17, 15) is 13.2 Å². The minimum absolute atomic E-state index is 0.184. The van der Waals surface area contributed by atoms with E-state index >= 15 is 0 Å². The van der Waals surface area contributed by atoms with Gasteiger partial charge < -0.3 is 0 Å². The minimum atomic E-state index is -3.20. The lowest BCUT2D eigenvalue weighted by Crippen LogP contribution is -2.25. The molecule has 1 aromatic heterocycles. The van der Waals surface area contributed by atoms with Gasteiger partial charge in [-0.25, -0.2) is 13.4 Å². The molecule has 0 bridgehead atoms. The van der Waals surface area contributed by atoms with E-state index in [1.54, 1.807) is 35.6 Å². The molecule has 1 aliphatic carbocycles. The molecular weight excluding hydrogens is 358 g/mol. The summed E-state index contributed by atoms with van der Waals surface area (Å²) in [6, 6.07) is 6.69. The van der Waals surface area contributed by atoms with Gasteiger partial charge in [0.25, 0.3) is 5.91 Å². The maximum absolute atomic E-state index is 12.4. The second-order valence-corrected chi connectivity index (χ2v) is 9.44. The van der Waals surface area contributed by atoms with E-state index in [1.807, 2.05) is 0 Å². The number of benzene rings is 1. The van der Waals surface area contributed by atoms with Crippen molar-refractivity contribution in [3.05, 3.63) is 40.4 Å². The van der Waals surface area contributed by atoms with Crippen LogP contribution in [-0.2, 0) is 22.9 Å². The highest BCUT2D eigenvalue weighted by Gasteiger charge is 2.28. The Morgan fingerprint density at radius 2 is 1.88 bits per heavy atom. The maximum atomic E-state index is 12.4. The zero-order valence-corrected chi connectivity index (χ0v) is 15.3. The highest BCUT2D eigenvalue weighted by atomic mass is 32.2. The average Bonchev–Trinajstić information content (AvgIpc) is 3.16. The van der Waals surface area contributed by atoms with Crippen LogP contribution in [0.15, 0.2) is 24.3 Å². The van der Waals surface area contributed by atoms with E-state index in [-0.39, 0.29) is 11.7 Å². The van der Waals surface area contributed by atoms with Crippen molar-refractivity contribution in [2.45, 2.75) is 32.1 Å². The Morgan fingerprint density at radius 3 is 2.56 bits per heavy atom. The van der Waals surface area contributed by atoms with E-state index in [0.29, 0.717) is 29.3 Å². The summed E-state index contributed by atoms with van der Waals surface area (Å²) in [5.74, 6) is -0.0360. The molecule has 1 aromatic carbocycles. The summed E-state index contributed by atoms with van der Waals surface area (Å²) in [4.78, 5) is 18.2. The van der Waals surface area contributed by atoms with E-state index in [0.717, 1.165) is 25.0 Å². The third-order valence-corrected chi connectivity index (χ3v) is 7.53. The molecule has 4 rings (SSSR count). The normalized spacial score (nSPS) is 18.8. The highest BCUT2D eigenvalue weighted by molar-refractivity contribution is 7.93. The van der Waals surface area contributed by atoms with Crippen molar-refractivity contribution in [1.29, 1.82) is 0 Å². The van der Waals surface area contributed by atoms with E-state index in [2.05, 4.69) is 10.3 Å². The first-order chi connectivity index (χ1) is 12.0. The Balaban J connectivity index is 1.48. The summed E-state index contributed by atoms with van der Waals surface area (Å²) in [6.07, 6.45) is 5.01. The molecule has 2 heterocycles.